The Kier molecular flexibility index (Phi) is 4.72. The van der Waals surface area contributed by atoms with Crippen molar-refractivity contribution in [1.82, 2.24) is 10.5 Å². The normalized spacial score (nSPS) is 9.74. The second kappa shape index (κ2) is 6.73. The van der Waals surface area contributed by atoms with Crippen LogP contribution in [-0.4, -0.2) is 22.8 Å². The van der Waals surface area contributed by atoms with Crippen LogP contribution >= 0.6 is 11.3 Å². The van der Waals surface area contributed by atoms with Crippen molar-refractivity contribution in [2.45, 2.75) is 13.0 Å². The van der Waals surface area contributed by atoms with Gasteiger partial charge in [-0.05, 0) is 6.07 Å². The van der Waals surface area contributed by atoms with Crippen LogP contribution in [0, 0.1) is 11.8 Å². The standard InChI is InChI=1S/C13H12N2O3S/c16-6-2-1-3-12-7-10(9-19-12)13(17)14-8-11-4-5-15-18-11/h4-5,7,9,16H,2,6,8H2,(H,14,17). The Labute approximate surface area is 114 Å². The fourth-order valence-electron chi connectivity index (χ4n) is 1.33. The van der Waals surface area contributed by atoms with Gasteiger partial charge in [0.15, 0.2) is 5.76 Å². The van der Waals surface area contributed by atoms with Crippen molar-refractivity contribution in [2.75, 3.05) is 6.61 Å². The summed E-state index contributed by atoms with van der Waals surface area (Å²) < 4.78 is 4.88. The van der Waals surface area contributed by atoms with Crippen LogP contribution in [0.25, 0.3) is 0 Å². The third kappa shape index (κ3) is 3.95. The Balaban J connectivity index is 1.91. The van der Waals surface area contributed by atoms with E-state index in [0.717, 1.165) is 4.88 Å². The fraction of sp³-hybridized carbons (Fsp3) is 0.231. The van der Waals surface area contributed by atoms with Gasteiger partial charge in [0, 0.05) is 17.9 Å². The number of thiophene rings is 1. The van der Waals surface area contributed by atoms with E-state index in [9.17, 15) is 4.79 Å². The Hall–Kier alpha value is -2.10. The molecule has 19 heavy (non-hydrogen) atoms. The quantitative estimate of drug-likeness (QED) is 0.828. The second-order valence-electron chi connectivity index (χ2n) is 3.64. The molecule has 0 aliphatic carbocycles. The predicted octanol–water partition coefficient (Wildman–Crippen LogP) is 1.40. The highest BCUT2D eigenvalue weighted by Crippen LogP contribution is 2.13. The highest BCUT2D eigenvalue weighted by Gasteiger charge is 2.08. The summed E-state index contributed by atoms with van der Waals surface area (Å²) in [7, 11) is 0. The molecule has 0 aromatic carbocycles. The number of aliphatic hydroxyl groups is 1. The number of carbonyl (C=O) groups excluding carboxylic acids is 1. The van der Waals surface area contributed by atoms with E-state index in [1.807, 2.05) is 0 Å². The smallest absolute Gasteiger partial charge is 0.252 e. The highest BCUT2D eigenvalue weighted by molar-refractivity contribution is 7.10. The molecule has 1 amide bonds. The van der Waals surface area contributed by atoms with E-state index >= 15 is 0 Å². The number of amides is 1. The van der Waals surface area contributed by atoms with Crippen LogP contribution in [0.15, 0.2) is 28.2 Å². The number of aromatic nitrogens is 1. The molecule has 2 heterocycles. The van der Waals surface area contributed by atoms with Gasteiger partial charge in [0.05, 0.1) is 29.8 Å². The molecule has 6 heteroatoms. The van der Waals surface area contributed by atoms with Gasteiger partial charge in [0.1, 0.15) is 0 Å². The molecule has 0 fully saturated rings. The van der Waals surface area contributed by atoms with E-state index in [2.05, 4.69) is 22.3 Å². The molecule has 2 rings (SSSR count). The van der Waals surface area contributed by atoms with Gasteiger partial charge in [-0.25, -0.2) is 0 Å². The number of nitrogens with zero attached hydrogens (tertiary/aromatic N) is 1. The maximum atomic E-state index is 11.8. The molecule has 0 saturated carbocycles. The summed E-state index contributed by atoms with van der Waals surface area (Å²) in [5.74, 6) is 6.13. The van der Waals surface area contributed by atoms with E-state index in [-0.39, 0.29) is 12.5 Å². The molecule has 0 saturated heterocycles. The lowest BCUT2D eigenvalue weighted by Gasteiger charge is -1.99. The zero-order valence-electron chi connectivity index (χ0n) is 10.0. The highest BCUT2D eigenvalue weighted by atomic mass is 32.1. The first-order valence-corrected chi connectivity index (χ1v) is 6.53. The lowest BCUT2D eigenvalue weighted by molar-refractivity contribution is 0.0947. The lowest BCUT2D eigenvalue weighted by Crippen LogP contribution is -2.21. The predicted molar refractivity (Wildman–Crippen MR) is 70.6 cm³/mol. The van der Waals surface area contributed by atoms with Crippen molar-refractivity contribution in [1.29, 1.82) is 0 Å². The summed E-state index contributed by atoms with van der Waals surface area (Å²) >= 11 is 1.40. The first-order chi connectivity index (χ1) is 9.29. The molecular formula is C13H12N2O3S. The molecule has 2 N–H and O–H groups in total. The van der Waals surface area contributed by atoms with Crippen molar-refractivity contribution >= 4 is 17.2 Å². The molecule has 0 atom stereocenters. The SMILES string of the molecule is O=C(NCc1ccno1)c1csc(C#CCCO)c1. The average molecular weight is 276 g/mol. The summed E-state index contributed by atoms with van der Waals surface area (Å²) in [6.07, 6.45) is 1.96. The van der Waals surface area contributed by atoms with Gasteiger partial charge in [-0.3, -0.25) is 4.79 Å². The molecule has 0 aliphatic heterocycles. The molecule has 0 radical (unpaired) electrons. The Morgan fingerprint density at radius 1 is 1.58 bits per heavy atom. The minimum absolute atomic E-state index is 0.0445. The zero-order valence-corrected chi connectivity index (χ0v) is 10.9. The van der Waals surface area contributed by atoms with Gasteiger partial charge < -0.3 is 14.9 Å². The van der Waals surface area contributed by atoms with Gasteiger partial charge in [0.2, 0.25) is 0 Å². The van der Waals surface area contributed by atoms with E-state index < -0.39 is 0 Å². The van der Waals surface area contributed by atoms with Crippen LogP contribution in [0.2, 0.25) is 0 Å². The minimum atomic E-state index is -0.178. The fourth-order valence-corrected chi connectivity index (χ4v) is 2.08. The van der Waals surface area contributed by atoms with Crippen molar-refractivity contribution in [3.05, 3.63) is 39.9 Å². The van der Waals surface area contributed by atoms with Crippen LogP contribution in [0.3, 0.4) is 0 Å². The Morgan fingerprint density at radius 2 is 2.47 bits per heavy atom. The largest absolute Gasteiger partial charge is 0.395 e. The first kappa shape index (κ1) is 13.3. The maximum absolute atomic E-state index is 11.8. The Morgan fingerprint density at radius 3 is 3.21 bits per heavy atom. The average Bonchev–Trinajstić information content (AvgIpc) is 3.07. The number of hydrogen-bond donors (Lipinski definition) is 2. The molecule has 5 nitrogen and oxygen atoms in total. The lowest BCUT2D eigenvalue weighted by atomic mass is 10.3. The summed E-state index contributed by atoms with van der Waals surface area (Å²) in [5, 5.41) is 16.7. The monoisotopic (exact) mass is 276 g/mol. The number of nitrogens with one attached hydrogen (secondary N) is 1. The molecule has 0 spiro atoms. The number of aliphatic hydroxyl groups excluding tert-OH is 1. The summed E-state index contributed by atoms with van der Waals surface area (Å²) in [5.41, 5.74) is 0.567. The second-order valence-corrected chi connectivity index (χ2v) is 4.55. The van der Waals surface area contributed by atoms with Crippen LogP contribution < -0.4 is 5.32 Å². The van der Waals surface area contributed by atoms with Crippen LogP contribution in [-0.2, 0) is 6.54 Å². The van der Waals surface area contributed by atoms with Crippen LogP contribution in [0.5, 0.6) is 0 Å². The van der Waals surface area contributed by atoms with Crippen molar-refractivity contribution in [3.63, 3.8) is 0 Å². The van der Waals surface area contributed by atoms with Gasteiger partial charge in [0.25, 0.3) is 5.91 Å². The Bertz CT molecular complexity index is 593. The topological polar surface area (TPSA) is 75.4 Å². The van der Waals surface area contributed by atoms with Crippen LogP contribution in [0.4, 0.5) is 0 Å². The van der Waals surface area contributed by atoms with Crippen molar-refractivity contribution in [3.8, 4) is 11.8 Å². The molecule has 98 valence electrons. The molecule has 0 bridgehead atoms. The summed E-state index contributed by atoms with van der Waals surface area (Å²) in [6.45, 7) is 0.350. The molecule has 0 unspecified atom stereocenters. The van der Waals surface area contributed by atoms with E-state index in [1.54, 1.807) is 17.5 Å². The first-order valence-electron chi connectivity index (χ1n) is 5.65. The van der Waals surface area contributed by atoms with Gasteiger partial charge in [-0.1, -0.05) is 17.0 Å². The van der Waals surface area contributed by atoms with E-state index in [4.69, 9.17) is 9.63 Å². The van der Waals surface area contributed by atoms with Crippen molar-refractivity contribution < 1.29 is 14.4 Å². The minimum Gasteiger partial charge on any atom is -0.395 e. The van der Waals surface area contributed by atoms with Crippen LogP contribution in [0.1, 0.15) is 27.4 Å². The third-order valence-electron chi connectivity index (χ3n) is 2.22. The zero-order chi connectivity index (χ0) is 13.5. The van der Waals surface area contributed by atoms with E-state index in [1.165, 1.54) is 17.5 Å². The molecular weight excluding hydrogens is 264 g/mol. The van der Waals surface area contributed by atoms with Gasteiger partial charge in [-0.2, -0.15) is 0 Å². The van der Waals surface area contributed by atoms with E-state index in [0.29, 0.717) is 24.3 Å². The number of hydrogen-bond acceptors (Lipinski definition) is 5. The number of rotatable bonds is 4. The number of carbonyl (C=O) groups is 1. The van der Waals surface area contributed by atoms with Gasteiger partial charge >= 0.3 is 0 Å². The molecule has 2 aromatic rings. The third-order valence-corrected chi connectivity index (χ3v) is 3.07. The summed E-state index contributed by atoms with van der Waals surface area (Å²) in [4.78, 5) is 12.6. The molecule has 0 aliphatic rings. The van der Waals surface area contributed by atoms with Crippen molar-refractivity contribution in [2.24, 2.45) is 0 Å². The maximum Gasteiger partial charge on any atom is 0.252 e. The summed E-state index contributed by atoms with van der Waals surface area (Å²) in [6, 6.07) is 3.42. The van der Waals surface area contributed by atoms with Gasteiger partial charge in [-0.15, -0.1) is 11.3 Å². The molecule has 2 aromatic heterocycles.